The van der Waals surface area contributed by atoms with Crippen molar-refractivity contribution in [2.75, 3.05) is 0 Å². The van der Waals surface area contributed by atoms with Crippen LogP contribution in [0.4, 0.5) is 0 Å². The second-order valence-electron chi connectivity index (χ2n) is 14.0. The van der Waals surface area contributed by atoms with Gasteiger partial charge >= 0.3 is 305 Å². The van der Waals surface area contributed by atoms with E-state index in [1.165, 1.54) is 67.7 Å². The Morgan fingerprint density at radius 2 is 1.02 bits per heavy atom. The van der Waals surface area contributed by atoms with E-state index in [1.807, 2.05) is 12.1 Å². The van der Waals surface area contributed by atoms with E-state index in [4.69, 9.17) is 27.4 Å². The van der Waals surface area contributed by atoms with Crippen LogP contribution in [0.3, 0.4) is 0 Å². The third-order valence-corrected chi connectivity index (χ3v) is 28.8. The third-order valence-electron chi connectivity index (χ3n) is 11.8. The average Bonchev–Trinajstić information content (AvgIpc) is 3.85. The van der Waals surface area contributed by atoms with Crippen molar-refractivity contribution in [2.45, 2.75) is 12.8 Å². The Morgan fingerprint density at radius 1 is 0.500 bits per heavy atom. The standard InChI is InChI=1S/C21H13.2C10H6Cl.C5H5.CH2.2ClH.Zr/c1-2-8-15-14(7-1)13-20-18-11-4-3-9-16(18)17-10-5-6-12-19(17)21(15)20;2*11-10-7-3-5-8-4-1-2-6-9(8)10;1-2-4-5-3-1;;;;/h1-10,12H,13H2;2*1-3,5-7H;1-3H,4H2;1H2;2*1H;. The van der Waals surface area contributed by atoms with Crippen molar-refractivity contribution < 1.29 is 18.3 Å². The van der Waals surface area contributed by atoms with Crippen molar-refractivity contribution in [1.82, 2.24) is 0 Å². The van der Waals surface area contributed by atoms with Gasteiger partial charge in [-0.1, -0.05) is 0 Å². The first-order valence-electron chi connectivity index (χ1n) is 17.3. The van der Waals surface area contributed by atoms with Crippen LogP contribution in [0.1, 0.15) is 17.5 Å². The van der Waals surface area contributed by atoms with Gasteiger partial charge in [0.15, 0.2) is 0 Å². The monoisotopic (exact) mass is 828 g/mol. The number of hydrogen-bond donors (Lipinski definition) is 0. The Hall–Kier alpha value is -3.81. The molecule has 0 bridgehead atoms. The van der Waals surface area contributed by atoms with Crippen LogP contribution in [-0.4, -0.2) is 4.21 Å². The Kier molecular flexibility index (Phi) is 8.77. The molecule has 0 nitrogen and oxygen atoms in total. The van der Waals surface area contributed by atoms with Crippen molar-refractivity contribution in [3.63, 3.8) is 0 Å². The second-order valence-corrected chi connectivity index (χ2v) is 27.6. The minimum atomic E-state index is -5.34. The summed E-state index contributed by atoms with van der Waals surface area (Å²) < 4.78 is 11.3. The van der Waals surface area contributed by atoms with Crippen molar-refractivity contribution in [3.8, 4) is 11.1 Å². The van der Waals surface area contributed by atoms with Gasteiger partial charge in [-0.05, 0) is 0 Å². The number of benzene rings is 8. The van der Waals surface area contributed by atoms with Crippen LogP contribution in [0.25, 0.3) is 54.2 Å². The number of hydrogen-bond acceptors (Lipinski definition) is 0. The van der Waals surface area contributed by atoms with Crippen LogP contribution in [0.5, 0.6) is 0 Å². The first-order chi connectivity index (χ1) is 24.5. The molecule has 0 N–H and O–H groups in total. The predicted molar refractivity (Wildman–Crippen MR) is 230 cm³/mol. The van der Waals surface area contributed by atoms with E-state index in [1.54, 1.807) is 0 Å². The summed E-state index contributed by atoms with van der Waals surface area (Å²) in [5, 5.41) is 11.2. The fourth-order valence-electron chi connectivity index (χ4n) is 9.69. The fourth-order valence-corrected chi connectivity index (χ4v) is 26.9. The molecule has 0 heterocycles. The molecule has 0 spiro atoms. The zero-order valence-electron chi connectivity index (χ0n) is 28.2. The van der Waals surface area contributed by atoms with Gasteiger partial charge in [-0.2, -0.15) is 0 Å². The van der Waals surface area contributed by atoms with Gasteiger partial charge in [-0.3, -0.25) is 0 Å². The van der Waals surface area contributed by atoms with E-state index >= 15 is 0 Å². The first-order valence-corrected chi connectivity index (χ1v) is 24.7. The molecule has 0 atom stereocenters. The zero-order chi connectivity index (χ0) is 33.6. The Morgan fingerprint density at radius 3 is 1.65 bits per heavy atom. The summed E-state index contributed by atoms with van der Waals surface area (Å²) >= 11 is 8.74. The van der Waals surface area contributed by atoms with Gasteiger partial charge < -0.3 is 0 Å². The first kappa shape index (κ1) is 35.2. The van der Waals surface area contributed by atoms with Crippen molar-refractivity contribution in [3.05, 3.63) is 182 Å². The van der Waals surface area contributed by atoms with Crippen LogP contribution < -0.4 is 9.81 Å². The van der Waals surface area contributed by atoms with Crippen LogP contribution in [0.2, 0.25) is 10.0 Å². The normalized spacial score (nSPS) is 13.6. The molecule has 0 fully saturated rings. The molecule has 0 radical (unpaired) electrons. The number of rotatable bonds is 4. The molecule has 0 amide bonds. The summed E-state index contributed by atoms with van der Waals surface area (Å²) in [7, 11) is 0. The van der Waals surface area contributed by atoms with Gasteiger partial charge in [0.05, 0.1) is 0 Å². The fraction of sp³-hybridized carbons (Fsp3) is 0.0426. The maximum absolute atomic E-state index is 7.04. The van der Waals surface area contributed by atoms with Gasteiger partial charge in [0, 0.05) is 0 Å². The Labute approximate surface area is 326 Å². The number of halogens is 4. The van der Waals surface area contributed by atoms with Gasteiger partial charge in [0.25, 0.3) is 0 Å². The molecular weight excluding hydrogens is 798 g/mol. The molecule has 2 aliphatic rings. The Bertz CT molecular complexity index is 2830. The molecule has 0 saturated carbocycles. The summed E-state index contributed by atoms with van der Waals surface area (Å²) in [6.45, 7) is 0. The van der Waals surface area contributed by atoms with E-state index in [2.05, 4.69) is 146 Å². The summed E-state index contributed by atoms with van der Waals surface area (Å²) in [5.41, 5.74) is 5.48. The van der Waals surface area contributed by atoms with Gasteiger partial charge in [-0.15, -0.1) is 24.8 Å². The topological polar surface area (TPSA) is 0 Å². The van der Waals surface area contributed by atoms with Crippen molar-refractivity contribution >= 4 is 105 Å². The Balaban J connectivity index is 0.00000193. The van der Waals surface area contributed by atoms with Crippen LogP contribution >= 0.6 is 48.0 Å². The summed E-state index contributed by atoms with van der Waals surface area (Å²) in [6.07, 6.45) is 8.67. The molecule has 5 heteroatoms. The van der Waals surface area contributed by atoms with Gasteiger partial charge in [0.1, 0.15) is 0 Å². The molecule has 0 aliphatic heterocycles. The average molecular weight is 832 g/mol. The molecule has 8 aromatic carbocycles. The maximum atomic E-state index is 7.04. The summed E-state index contributed by atoms with van der Waals surface area (Å²) in [4.78, 5) is 0. The third kappa shape index (κ3) is 4.60. The van der Waals surface area contributed by atoms with E-state index in [9.17, 15) is 0 Å². The van der Waals surface area contributed by atoms with E-state index < -0.39 is 18.3 Å². The molecule has 10 rings (SSSR count). The van der Waals surface area contributed by atoms with Gasteiger partial charge in [-0.25, -0.2) is 0 Å². The molecule has 254 valence electrons. The van der Waals surface area contributed by atoms with E-state index in [0.717, 1.165) is 33.7 Å². The summed E-state index contributed by atoms with van der Waals surface area (Å²) in [5.74, 6) is 0. The number of fused-ring (bicyclic) bond motifs is 10. The quantitative estimate of drug-likeness (QED) is 0.155. The molecular formula is C47H34Cl4Zr. The van der Waals surface area contributed by atoms with Crippen LogP contribution in [0, 0.1) is 0 Å². The molecule has 8 aromatic rings. The molecule has 0 aromatic heterocycles. The molecule has 0 unspecified atom stereocenters. The molecule has 2 aliphatic carbocycles. The summed E-state index contributed by atoms with van der Waals surface area (Å²) in [6, 6.07) is 51.2. The van der Waals surface area contributed by atoms with Crippen molar-refractivity contribution in [2.24, 2.45) is 0 Å². The molecule has 52 heavy (non-hydrogen) atoms. The number of allylic oxidation sites excluding steroid dienone is 4. The predicted octanol–water partition coefficient (Wildman–Crippen LogP) is 12.3. The second kappa shape index (κ2) is 12.9. The van der Waals surface area contributed by atoms with E-state index in [0.29, 0.717) is 0 Å². The van der Waals surface area contributed by atoms with Gasteiger partial charge in [0.2, 0.25) is 0 Å². The SMILES string of the molecule is Cl.Cl.[CH2]=[Zr]([C]1=CC=CC1)([c]1cccc2c(Cl)cccc12)([c]1cccc2c(Cl)cccc12)[c]1cccc2c1c1c(c3ccccc32)-c2ccccc2C1. The van der Waals surface area contributed by atoms with Crippen LogP contribution in [-0.2, 0) is 24.7 Å². The van der Waals surface area contributed by atoms with Crippen LogP contribution in [0.15, 0.2) is 161 Å². The zero-order valence-corrected chi connectivity index (χ0v) is 33.8. The van der Waals surface area contributed by atoms with Crippen molar-refractivity contribution in [1.29, 1.82) is 0 Å². The minimum absolute atomic E-state index is 0. The molecule has 0 saturated heterocycles. The van der Waals surface area contributed by atoms with E-state index in [-0.39, 0.29) is 24.8 Å².